The maximum Gasteiger partial charge on any atom is 0.0730 e. The van der Waals surface area contributed by atoms with E-state index in [0.717, 1.165) is 6.42 Å². The van der Waals surface area contributed by atoms with E-state index in [9.17, 15) is 5.11 Å². The maximum atomic E-state index is 10.0. The molecule has 0 spiro atoms. The lowest BCUT2D eigenvalue weighted by Gasteiger charge is -2.40. The summed E-state index contributed by atoms with van der Waals surface area (Å²) in [6.45, 7) is 2.28. The molecule has 74 valence electrons. The van der Waals surface area contributed by atoms with Crippen molar-refractivity contribution >= 4 is 15.9 Å². The van der Waals surface area contributed by atoms with E-state index in [1.165, 1.54) is 24.8 Å². The monoisotopic (exact) mass is 244 g/mol. The van der Waals surface area contributed by atoms with E-state index >= 15 is 0 Å². The lowest BCUT2D eigenvalue weighted by molar-refractivity contribution is 0.0859. The molecule has 0 bridgehead atoms. The number of halogens is 1. The Morgan fingerprint density at radius 1 is 1.54 bits per heavy atom. The summed E-state index contributed by atoms with van der Waals surface area (Å²) < 4.78 is 0. The van der Waals surface area contributed by atoms with Gasteiger partial charge in [-0.15, -0.1) is 0 Å². The van der Waals surface area contributed by atoms with Crippen molar-refractivity contribution in [1.29, 1.82) is 0 Å². The van der Waals surface area contributed by atoms with E-state index in [2.05, 4.69) is 28.9 Å². The fourth-order valence-corrected chi connectivity index (χ4v) is 3.65. The molecule has 0 saturated heterocycles. The molecule has 1 N–H and O–H groups in total. The van der Waals surface area contributed by atoms with Crippen molar-refractivity contribution in [3.63, 3.8) is 0 Å². The van der Waals surface area contributed by atoms with Gasteiger partial charge in [-0.05, 0) is 31.6 Å². The highest BCUT2D eigenvalue weighted by molar-refractivity contribution is 9.09. The Labute approximate surface area is 88.3 Å². The minimum atomic E-state index is -0.150. The van der Waals surface area contributed by atoms with Crippen LogP contribution in [0.5, 0.6) is 0 Å². The number of rotatable bonds is 0. The normalized spacial score (nSPS) is 45.3. The van der Waals surface area contributed by atoms with Gasteiger partial charge in [0, 0.05) is 10.7 Å². The van der Waals surface area contributed by atoms with Crippen LogP contribution in [0.15, 0.2) is 11.6 Å². The Hall–Kier alpha value is 0.180. The van der Waals surface area contributed by atoms with Crippen LogP contribution >= 0.6 is 15.9 Å². The zero-order valence-electron chi connectivity index (χ0n) is 8.04. The van der Waals surface area contributed by atoms with Gasteiger partial charge in [0.25, 0.3) is 0 Å². The van der Waals surface area contributed by atoms with Gasteiger partial charge in [0.15, 0.2) is 0 Å². The first-order chi connectivity index (χ1) is 6.20. The molecule has 1 nitrogen and oxygen atoms in total. The summed E-state index contributed by atoms with van der Waals surface area (Å²) in [4.78, 5) is 0.308. The second-order valence-corrected chi connectivity index (χ2v) is 5.56. The molecule has 0 aromatic carbocycles. The Balaban J connectivity index is 2.22. The van der Waals surface area contributed by atoms with Gasteiger partial charge in [0.2, 0.25) is 0 Å². The molecule has 2 rings (SSSR count). The van der Waals surface area contributed by atoms with Gasteiger partial charge >= 0.3 is 0 Å². The first kappa shape index (κ1) is 9.72. The Kier molecular flexibility index (Phi) is 2.80. The molecule has 0 aromatic heterocycles. The number of alkyl halides is 1. The lowest BCUT2D eigenvalue weighted by Crippen LogP contribution is -2.39. The SMILES string of the molecule is C[C@H]1C[C@@H](Br)[C@@H](O)[C@H]2CCCC=C12. The summed E-state index contributed by atoms with van der Waals surface area (Å²) in [6.07, 6.45) is 6.94. The summed E-state index contributed by atoms with van der Waals surface area (Å²) in [5, 5.41) is 10.0. The zero-order chi connectivity index (χ0) is 9.42. The van der Waals surface area contributed by atoms with Gasteiger partial charge in [0.05, 0.1) is 6.10 Å². The number of hydrogen-bond donors (Lipinski definition) is 1. The number of allylic oxidation sites excluding steroid dienone is 1. The number of fused-ring (bicyclic) bond motifs is 1. The fourth-order valence-electron chi connectivity index (χ4n) is 2.72. The van der Waals surface area contributed by atoms with Crippen LogP contribution in [-0.2, 0) is 0 Å². The van der Waals surface area contributed by atoms with E-state index < -0.39 is 0 Å². The predicted octanol–water partition coefficient (Wildman–Crippen LogP) is 2.88. The van der Waals surface area contributed by atoms with E-state index in [1.54, 1.807) is 0 Å². The van der Waals surface area contributed by atoms with Crippen molar-refractivity contribution in [1.82, 2.24) is 0 Å². The minimum absolute atomic E-state index is 0.150. The fraction of sp³-hybridized carbons (Fsp3) is 0.818. The molecule has 0 aromatic rings. The van der Waals surface area contributed by atoms with Crippen molar-refractivity contribution in [2.45, 2.75) is 43.5 Å². The highest BCUT2D eigenvalue weighted by Gasteiger charge is 2.37. The van der Waals surface area contributed by atoms with Gasteiger partial charge in [-0.25, -0.2) is 0 Å². The van der Waals surface area contributed by atoms with Crippen molar-refractivity contribution < 1.29 is 5.11 Å². The molecule has 13 heavy (non-hydrogen) atoms. The van der Waals surface area contributed by atoms with Crippen LogP contribution in [0.3, 0.4) is 0 Å². The van der Waals surface area contributed by atoms with E-state index in [-0.39, 0.29) is 6.10 Å². The van der Waals surface area contributed by atoms with Gasteiger partial charge in [0.1, 0.15) is 0 Å². The van der Waals surface area contributed by atoms with Crippen LogP contribution in [0.4, 0.5) is 0 Å². The standard InChI is InChI=1S/C11H17BrO/c1-7-6-10(12)11(13)9-5-3-2-4-8(7)9/h4,7,9-11,13H,2-3,5-6H2,1H3/t7-,9-,10+,11-/m0/s1. The Morgan fingerprint density at radius 3 is 3.08 bits per heavy atom. The third-order valence-electron chi connectivity index (χ3n) is 3.46. The van der Waals surface area contributed by atoms with E-state index in [1.807, 2.05) is 0 Å². The first-order valence-electron chi connectivity index (χ1n) is 5.22. The largest absolute Gasteiger partial charge is 0.391 e. The molecule has 4 atom stereocenters. The summed E-state index contributed by atoms with van der Waals surface area (Å²) in [6, 6.07) is 0. The van der Waals surface area contributed by atoms with E-state index in [4.69, 9.17) is 0 Å². The van der Waals surface area contributed by atoms with Crippen molar-refractivity contribution in [3.8, 4) is 0 Å². The third kappa shape index (κ3) is 1.71. The van der Waals surface area contributed by atoms with Gasteiger partial charge < -0.3 is 5.11 Å². The average molecular weight is 245 g/mol. The molecule has 1 saturated carbocycles. The Bertz CT molecular complexity index is 224. The number of hydrogen-bond acceptors (Lipinski definition) is 1. The Morgan fingerprint density at radius 2 is 2.31 bits per heavy atom. The molecule has 2 aliphatic carbocycles. The molecule has 0 heterocycles. The maximum absolute atomic E-state index is 10.0. The molecular weight excluding hydrogens is 228 g/mol. The topological polar surface area (TPSA) is 20.2 Å². The molecule has 2 heteroatoms. The molecule has 2 aliphatic rings. The van der Waals surface area contributed by atoms with E-state index in [0.29, 0.717) is 16.7 Å². The third-order valence-corrected chi connectivity index (χ3v) is 4.37. The van der Waals surface area contributed by atoms with Crippen LogP contribution in [0, 0.1) is 11.8 Å². The molecule has 0 radical (unpaired) electrons. The molecule has 0 unspecified atom stereocenters. The van der Waals surface area contributed by atoms with Crippen LogP contribution < -0.4 is 0 Å². The predicted molar refractivity (Wildman–Crippen MR) is 57.9 cm³/mol. The quantitative estimate of drug-likeness (QED) is 0.514. The first-order valence-corrected chi connectivity index (χ1v) is 6.14. The van der Waals surface area contributed by atoms with Crippen LogP contribution in [0.1, 0.15) is 32.6 Å². The van der Waals surface area contributed by atoms with Crippen LogP contribution in [-0.4, -0.2) is 16.0 Å². The molecule has 0 amide bonds. The van der Waals surface area contributed by atoms with Gasteiger partial charge in [-0.3, -0.25) is 0 Å². The highest BCUT2D eigenvalue weighted by Crippen LogP contribution is 2.42. The van der Waals surface area contributed by atoms with Gasteiger partial charge in [-0.2, -0.15) is 0 Å². The van der Waals surface area contributed by atoms with Crippen molar-refractivity contribution in [2.24, 2.45) is 11.8 Å². The summed E-state index contributed by atoms with van der Waals surface area (Å²) in [7, 11) is 0. The zero-order valence-corrected chi connectivity index (χ0v) is 9.63. The van der Waals surface area contributed by atoms with Crippen LogP contribution in [0.2, 0.25) is 0 Å². The van der Waals surface area contributed by atoms with Crippen LogP contribution in [0.25, 0.3) is 0 Å². The van der Waals surface area contributed by atoms with Crippen molar-refractivity contribution in [2.75, 3.05) is 0 Å². The van der Waals surface area contributed by atoms with Crippen molar-refractivity contribution in [3.05, 3.63) is 11.6 Å². The summed E-state index contributed by atoms with van der Waals surface area (Å²) >= 11 is 3.58. The summed E-state index contributed by atoms with van der Waals surface area (Å²) in [5.41, 5.74) is 1.52. The minimum Gasteiger partial charge on any atom is -0.391 e. The molecular formula is C11H17BrO. The number of aliphatic hydroxyl groups excluding tert-OH is 1. The summed E-state index contributed by atoms with van der Waals surface area (Å²) in [5.74, 6) is 1.11. The number of aliphatic hydroxyl groups is 1. The highest BCUT2D eigenvalue weighted by atomic mass is 79.9. The van der Waals surface area contributed by atoms with Gasteiger partial charge in [-0.1, -0.05) is 34.5 Å². The smallest absolute Gasteiger partial charge is 0.0730 e. The molecule has 1 fully saturated rings. The lowest BCUT2D eigenvalue weighted by atomic mass is 9.71. The second-order valence-electron chi connectivity index (χ2n) is 4.38. The molecule has 0 aliphatic heterocycles. The average Bonchev–Trinajstić information content (AvgIpc) is 2.15. The second kappa shape index (κ2) is 3.74.